The SMILES string of the molecule is CCOC(=O)c1cn2cc(C)nc2c(C)n1. The average Bonchev–Trinajstić information content (AvgIpc) is 2.59. The van der Waals surface area contributed by atoms with Gasteiger partial charge in [-0.25, -0.2) is 14.8 Å². The van der Waals surface area contributed by atoms with E-state index >= 15 is 0 Å². The zero-order valence-corrected chi connectivity index (χ0v) is 9.52. The lowest BCUT2D eigenvalue weighted by atomic mass is 10.4. The fourth-order valence-corrected chi connectivity index (χ4v) is 1.58. The molecule has 0 N–H and O–H groups in total. The Morgan fingerprint density at radius 1 is 1.38 bits per heavy atom. The highest BCUT2D eigenvalue weighted by molar-refractivity contribution is 5.87. The Bertz CT molecular complexity index is 545. The standard InChI is InChI=1S/C11H13N3O2/c1-4-16-11(15)9-6-14-5-7(2)12-10(14)8(3)13-9/h5-6H,4H2,1-3H3. The van der Waals surface area contributed by atoms with Crippen molar-refractivity contribution >= 4 is 11.6 Å². The molecule has 5 heteroatoms. The molecule has 2 heterocycles. The Kier molecular flexibility index (Phi) is 2.60. The highest BCUT2D eigenvalue weighted by Crippen LogP contribution is 2.10. The van der Waals surface area contributed by atoms with Crippen LogP contribution in [-0.4, -0.2) is 26.9 Å². The van der Waals surface area contributed by atoms with Crippen molar-refractivity contribution in [1.82, 2.24) is 14.4 Å². The van der Waals surface area contributed by atoms with E-state index in [-0.39, 0.29) is 0 Å². The van der Waals surface area contributed by atoms with E-state index < -0.39 is 5.97 Å². The molecule has 5 nitrogen and oxygen atoms in total. The highest BCUT2D eigenvalue weighted by Gasteiger charge is 2.12. The monoisotopic (exact) mass is 219 g/mol. The van der Waals surface area contributed by atoms with Gasteiger partial charge in [0.2, 0.25) is 0 Å². The van der Waals surface area contributed by atoms with E-state index in [1.54, 1.807) is 17.5 Å². The summed E-state index contributed by atoms with van der Waals surface area (Å²) in [6.45, 7) is 5.84. The maximum Gasteiger partial charge on any atom is 0.358 e. The van der Waals surface area contributed by atoms with Crippen LogP contribution in [0.5, 0.6) is 0 Å². The molecule has 0 atom stereocenters. The van der Waals surface area contributed by atoms with Gasteiger partial charge in [-0.1, -0.05) is 0 Å². The summed E-state index contributed by atoms with van der Waals surface area (Å²) in [5, 5.41) is 0. The van der Waals surface area contributed by atoms with E-state index in [0.717, 1.165) is 17.0 Å². The third kappa shape index (κ3) is 1.76. The molecule has 0 saturated carbocycles. The first-order valence-electron chi connectivity index (χ1n) is 5.12. The van der Waals surface area contributed by atoms with Crippen molar-refractivity contribution in [2.45, 2.75) is 20.8 Å². The Labute approximate surface area is 93.1 Å². The van der Waals surface area contributed by atoms with E-state index in [4.69, 9.17) is 4.74 Å². The Hall–Kier alpha value is -1.91. The first-order chi connectivity index (χ1) is 7.61. The van der Waals surface area contributed by atoms with E-state index in [1.807, 2.05) is 20.0 Å². The van der Waals surface area contributed by atoms with Crippen molar-refractivity contribution in [2.24, 2.45) is 0 Å². The van der Waals surface area contributed by atoms with Crippen LogP contribution in [-0.2, 0) is 4.74 Å². The number of carbonyl (C=O) groups excluding carboxylic acids is 1. The van der Waals surface area contributed by atoms with Crippen LogP contribution in [0.2, 0.25) is 0 Å². The largest absolute Gasteiger partial charge is 0.461 e. The van der Waals surface area contributed by atoms with Crippen LogP contribution in [0.25, 0.3) is 5.65 Å². The van der Waals surface area contributed by atoms with Gasteiger partial charge in [0.25, 0.3) is 0 Å². The van der Waals surface area contributed by atoms with Gasteiger partial charge in [0.1, 0.15) is 0 Å². The molecular formula is C11H13N3O2. The van der Waals surface area contributed by atoms with Gasteiger partial charge in [-0.3, -0.25) is 0 Å². The second kappa shape index (κ2) is 3.92. The number of nitrogens with zero attached hydrogens (tertiary/aromatic N) is 3. The molecule has 16 heavy (non-hydrogen) atoms. The summed E-state index contributed by atoms with van der Waals surface area (Å²) in [7, 11) is 0. The molecule has 2 rings (SSSR count). The average molecular weight is 219 g/mol. The quantitative estimate of drug-likeness (QED) is 0.718. The second-order valence-electron chi connectivity index (χ2n) is 3.55. The topological polar surface area (TPSA) is 56.5 Å². The normalized spacial score (nSPS) is 10.7. The number of aryl methyl sites for hydroxylation is 2. The van der Waals surface area contributed by atoms with Gasteiger partial charge >= 0.3 is 5.97 Å². The van der Waals surface area contributed by atoms with E-state index in [9.17, 15) is 4.79 Å². The molecule has 0 aliphatic heterocycles. The smallest absolute Gasteiger partial charge is 0.358 e. The lowest BCUT2D eigenvalue weighted by molar-refractivity contribution is 0.0518. The third-order valence-corrected chi connectivity index (χ3v) is 2.21. The van der Waals surface area contributed by atoms with Gasteiger partial charge in [-0.2, -0.15) is 0 Å². The van der Waals surface area contributed by atoms with Crippen LogP contribution in [0.3, 0.4) is 0 Å². The fourth-order valence-electron chi connectivity index (χ4n) is 1.58. The van der Waals surface area contributed by atoms with Crippen molar-refractivity contribution in [2.75, 3.05) is 6.61 Å². The number of hydrogen-bond donors (Lipinski definition) is 0. The van der Waals surface area contributed by atoms with Crippen LogP contribution in [0.4, 0.5) is 0 Å². The minimum absolute atomic E-state index is 0.309. The maximum absolute atomic E-state index is 11.5. The molecule has 84 valence electrons. The first-order valence-corrected chi connectivity index (χ1v) is 5.12. The van der Waals surface area contributed by atoms with Crippen LogP contribution in [0.1, 0.15) is 28.8 Å². The summed E-state index contributed by atoms with van der Waals surface area (Å²) >= 11 is 0. The molecule has 2 aromatic heterocycles. The summed E-state index contributed by atoms with van der Waals surface area (Å²) in [6.07, 6.45) is 3.49. The zero-order valence-electron chi connectivity index (χ0n) is 9.52. The minimum Gasteiger partial charge on any atom is -0.461 e. The van der Waals surface area contributed by atoms with Gasteiger partial charge in [0.15, 0.2) is 11.3 Å². The van der Waals surface area contributed by atoms with Crippen LogP contribution in [0, 0.1) is 13.8 Å². The molecule has 0 spiro atoms. The highest BCUT2D eigenvalue weighted by atomic mass is 16.5. The van der Waals surface area contributed by atoms with Gasteiger partial charge in [0, 0.05) is 12.4 Å². The summed E-state index contributed by atoms with van der Waals surface area (Å²) < 4.78 is 6.70. The summed E-state index contributed by atoms with van der Waals surface area (Å²) in [6, 6.07) is 0. The summed E-state index contributed by atoms with van der Waals surface area (Å²) in [4.78, 5) is 20.0. The number of esters is 1. The molecule has 2 aromatic rings. The predicted octanol–water partition coefficient (Wildman–Crippen LogP) is 1.52. The Balaban J connectivity index is 2.53. The van der Waals surface area contributed by atoms with Gasteiger partial charge in [-0.05, 0) is 20.8 Å². The lowest BCUT2D eigenvalue weighted by Crippen LogP contribution is -2.09. The molecule has 0 unspecified atom stereocenters. The molecule has 0 aromatic carbocycles. The molecule has 0 bridgehead atoms. The van der Waals surface area contributed by atoms with Gasteiger partial charge in [-0.15, -0.1) is 0 Å². The lowest BCUT2D eigenvalue weighted by Gasteiger charge is -2.03. The summed E-state index contributed by atoms with van der Waals surface area (Å²) in [5.74, 6) is -0.404. The van der Waals surface area contributed by atoms with Gasteiger partial charge in [0.05, 0.1) is 18.0 Å². The maximum atomic E-state index is 11.5. The van der Waals surface area contributed by atoms with E-state index in [2.05, 4.69) is 9.97 Å². The number of aromatic nitrogens is 3. The zero-order chi connectivity index (χ0) is 11.7. The first kappa shape index (κ1) is 10.6. The van der Waals surface area contributed by atoms with Crippen molar-refractivity contribution in [1.29, 1.82) is 0 Å². The number of imidazole rings is 1. The molecule has 0 saturated heterocycles. The van der Waals surface area contributed by atoms with Crippen molar-refractivity contribution in [3.63, 3.8) is 0 Å². The summed E-state index contributed by atoms with van der Waals surface area (Å²) in [5.41, 5.74) is 2.69. The van der Waals surface area contributed by atoms with E-state index in [1.165, 1.54) is 0 Å². The van der Waals surface area contributed by atoms with Crippen LogP contribution < -0.4 is 0 Å². The molecular weight excluding hydrogens is 206 g/mol. The Morgan fingerprint density at radius 3 is 2.81 bits per heavy atom. The molecule has 0 aliphatic rings. The van der Waals surface area contributed by atoms with Gasteiger partial charge < -0.3 is 9.14 Å². The van der Waals surface area contributed by atoms with E-state index in [0.29, 0.717) is 12.3 Å². The van der Waals surface area contributed by atoms with Crippen molar-refractivity contribution in [3.8, 4) is 0 Å². The third-order valence-electron chi connectivity index (χ3n) is 2.21. The molecule has 0 radical (unpaired) electrons. The number of hydrogen-bond acceptors (Lipinski definition) is 4. The number of carbonyl (C=O) groups is 1. The second-order valence-corrected chi connectivity index (χ2v) is 3.55. The number of rotatable bonds is 2. The van der Waals surface area contributed by atoms with Crippen molar-refractivity contribution in [3.05, 3.63) is 29.5 Å². The molecule has 0 amide bonds. The van der Waals surface area contributed by atoms with Crippen LogP contribution >= 0.6 is 0 Å². The molecule has 0 fully saturated rings. The number of fused-ring (bicyclic) bond motifs is 1. The van der Waals surface area contributed by atoms with Crippen LogP contribution in [0.15, 0.2) is 12.4 Å². The number of ether oxygens (including phenoxy) is 1. The molecule has 0 aliphatic carbocycles. The predicted molar refractivity (Wildman–Crippen MR) is 58.4 cm³/mol. The Morgan fingerprint density at radius 2 is 2.12 bits per heavy atom. The van der Waals surface area contributed by atoms with Crippen molar-refractivity contribution < 1.29 is 9.53 Å². The fraction of sp³-hybridized carbons (Fsp3) is 0.364. The minimum atomic E-state index is -0.404.